The number of halogens is 1. The Bertz CT molecular complexity index is 1720. The number of fused-ring (bicyclic) bond motifs is 2. The minimum atomic E-state index is -0.606. The van der Waals surface area contributed by atoms with Crippen molar-refractivity contribution in [3.8, 4) is 5.75 Å². The monoisotopic (exact) mass is 585 g/mol. The van der Waals surface area contributed by atoms with Crippen molar-refractivity contribution >= 4 is 34.9 Å². The Labute approximate surface area is 247 Å². The molecule has 222 valence electrons. The molecule has 4 N–H and O–H groups in total. The van der Waals surface area contributed by atoms with Gasteiger partial charge in [-0.1, -0.05) is 31.4 Å². The summed E-state index contributed by atoms with van der Waals surface area (Å²) in [4.78, 5) is 38.6. The van der Waals surface area contributed by atoms with E-state index in [0.717, 1.165) is 27.6 Å². The van der Waals surface area contributed by atoms with Gasteiger partial charge < -0.3 is 25.8 Å². The number of aliphatic hydroxyl groups is 1. The van der Waals surface area contributed by atoms with Crippen LogP contribution in [0.1, 0.15) is 52.9 Å². The van der Waals surface area contributed by atoms with Crippen LogP contribution in [-0.4, -0.2) is 38.7 Å². The second-order valence-electron chi connectivity index (χ2n) is 10.6. The highest BCUT2D eigenvalue weighted by atomic mass is 19.1. The van der Waals surface area contributed by atoms with Crippen LogP contribution < -0.4 is 20.7 Å². The van der Waals surface area contributed by atoms with E-state index in [2.05, 4.69) is 34.2 Å². The van der Waals surface area contributed by atoms with E-state index in [9.17, 15) is 23.9 Å². The fourth-order valence-electron chi connectivity index (χ4n) is 5.32. The van der Waals surface area contributed by atoms with Crippen molar-refractivity contribution in [2.24, 2.45) is 0 Å². The molecule has 11 heteroatoms. The normalized spacial score (nSPS) is 17.3. The molecule has 5 rings (SSSR count). The third-order valence-electron chi connectivity index (χ3n) is 7.75. The molecule has 0 bridgehead atoms. The molecule has 2 aliphatic rings. The van der Waals surface area contributed by atoms with E-state index in [1.54, 1.807) is 31.2 Å². The predicted molar refractivity (Wildman–Crippen MR) is 159 cm³/mol. The van der Waals surface area contributed by atoms with Crippen molar-refractivity contribution in [1.29, 1.82) is 0 Å². The average Bonchev–Trinajstić information content (AvgIpc) is 3.53. The van der Waals surface area contributed by atoms with Crippen LogP contribution in [0.2, 0.25) is 0 Å². The second-order valence-corrected chi connectivity index (χ2v) is 10.6. The number of amides is 3. The summed E-state index contributed by atoms with van der Waals surface area (Å²) in [6.07, 6.45) is 2.98. The maximum Gasteiger partial charge on any atom is 0.270 e. The Morgan fingerprint density at radius 3 is 2.70 bits per heavy atom. The quantitative estimate of drug-likeness (QED) is 0.176. The number of ether oxygens (including phenoxy) is 1. The van der Waals surface area contributed by atoms with Gasteiger partial charge in [-0.2, -0.15) is 5.10 Å². The highest BCUT2D eigenvalue weighted by Gasteiger charge is 2.29. The van der Waals surface area contributed by atoms with Gasteiger partial charge in [0.15, 0.2) is 11.9 Å². The van der Waals surface area contributed by atoms with E-state index in [-0.39, 0.29) is 41.2 Å². The van der Waals surface area contributed by atoms with Gasteiger partial charge in [0.1, 0.15) is 17.2 Å². The number of benzene rings is 2. The number of hydrogen-bond donors (Lipinski definition) is 4. The van der Waals surface area contributed by atoms with E-state index in [0.29, 0.717) is 35.4 Å². The summed E-state index contributed by atoms with van der Waals surface area (Å²) in [5.74, 6) is -1.48. The molecular weight excluding hydrogens is 553 g/mol. The molecule has 10 nitrogen and oxygen atoms in total. The number of carbonyl (C=O) groups is 3. The van der Waals surface area contributed by atoms with Crippen molar-refractivity contribution < 1.29 is 28.6 Å². The lowest BCUT2D eigenvalue weighted by molar-refractivity contribution is -0.122. The first-order valence-corrected chi connectivity index (χ1v) is 13.8. The number of aliphatic hydroxyl groups excluding tert-OH is 1. The number of anilines is 1. The number of nitrogens with zero attached hydrogens (tertiary/aromatic N) is 2. The lowest BCUT2D eigenvalue weighted by Gasteiger charge is -2.23. The first kappa shape index (κ1) is 29.3. The summed E-state index contributed by atoms with van der Waals surface area (Å²) in [5.41, 5.74) is 4.67. The van der Waals surface area contributed by atoms with Crippen LogP contribution in [0, 0.1) is 19.7 Å². The van der Waals surface area contributed by atoms with Gasteiger partial charge in [-0.25, -0.2) is 9.07 Å². The van der Waals surface area contributed by atoms with Crippen LogP contribution in [0.15, 0.2) is 61.3 Å². The highest BCUT2D eigenvalue weighted by molar-refractivity contribution is 6.16. The summed E-state index contributed by atoms with van der Waals surface area (Å²) in [6, 6.07) is 8.45. The molecule has 43 heavy (non-hydrogen) atoms. The van der Waals surface area contributed by atoms with Crippen LogP contribution in [0.3, 0.4) is 0 Å². The van der Waals surface area contributed by atoms with E-state index in [1.807, 2.05) is 13.0 Å². The standard InChI is InChI=1S/C32H32FN5O5/c1-16(30(40)34-14-21-6-11-29-27(13-21)37-31(41)20(5)43-29)12-28(38-18(3)25(33)15-35-38)32(42)36-26-10-9-23-17(2)22(19(4)39)7-8-24(23)26/h6-8,11-13,15,20,26,39H,1,4,9-10,14H2,2-3,5H3,(H,34,40)(H,36,42)(H,37,41)/b28-12-. The fourth-order valence-corrected chi connectivity index (χ4v) is 5.32. The van der Waals surface area contributed by atoms with Crippen molar-refractivity contribution in [2.75, 3.05) is 5.32 Å². The Morgan fingerprint density at radius 1 is 1.23 bits per heavy atom. The smallest absolute Gasteiger partial charge is 0.270 e. The summed E-state index contributed by atoms with van der Waals surface area (Å²) in [7, 11) is 0. The molecule has 1 aliphatic heterocycles. The molecule has 2 atom stereocenters. The molecular formula is C32H32FN5O5. The lowest BCUT2D eigenvalue weighted by Crippen LogP contribution is -2.34. The second kappa shape index (κ2) is 11.6. The molecule has 2 heterocycles. The van der Waals surface area contributed by atoms with Gasteiger partial charge in [0.05, 0.1) is 23.6 Å². The number of rotatable bonds is 8. The Balaban J connectivity index is 1.33. The van der Waals surface area contributed by atoms with Gasteiger partial charge >= 0.3 is 0 Å². The fraction of sp³-hybridized carbons (Fsp3) is 0.250. The number of carbonyl (C=O) groups excluding carboxylic acids is 3. The minimum absolute atomic E-state index is 0.0204. The van der Waals surface area contributed by atoms with E-state index < -0.39 is 23.7 Å². The van der Waals surface area contributed by atoms with Crippen LogP contribution in [0.25, 0.3) is 11.5 Å². The molecule has 0 fully saturated rings. The van der Waals surface area contributed by atoms with Gasteiger partial charge in [0, 0.05) is 17.7 Å². The van der Waals surface area contributed by atoms with Crippen molar-refractivity contribution in [3.63, 3.8) is 0 Å². The minimum Gasteiger partial charge on any atom is -0.508 e. The van der Waals surface area contributed by atoms with Gasteiger partial charge in [-0.3, -0.25) is 14.4 Å². The summed E-state index contributed by atoms with van der Waals surface area (Å²) < 4.78 is 21.0. The molecule has 1 aromatic heterocycles. The zero-order valence-corrected chi connectivity index (χ0v) is 24.1. The summed E-state index contributed by atoms with van der Waals surface area (Å²) in [5, 5.41) is 22.4. The Kier molecular flexibility index (Phi) is 7.90. The van der Waals surface area contributed by atoms with Gasteiger partial charge in [0.2, 0.25) is 0 Å². The third-order valence-corrected chi connectivity index (χ3v) is 7.75. The van der Waals surface area contributed by atoms with Crippen molar-refractivity contribution in [2.45, 2.75) is 52.3 Å². The molecule has 1 aliphatic carbocycles. The van der Waals surface area contributed by atoms with Crippen LogP contribution in [0.4, 0.5) is 10.1 Å². The Morgan fingerprint density at radius 2 is 2.00 bits per heavy atom. The number of hydrogen-bond acceptors (Lipinski definition) is 6. The number of nitrogens with one attached hydrogen (secondary N) is 3. The zero-order chi connectivity index (χ0) is 31.0. The van der Waals surface area contributed by atoms with Crippen LogP contribution in [0.5, 0.6) is 5.75 Å². The molecule has 0 saturated carbocycles. The first-order valence-electron chi connectivity index (χ1n) is 13.8. The lowest BCUT2D eigenvalue weighted by atomic mass is 9.97. The maximum atomic E-state index is 14.3. The van der Waals surface area contributed by atoms with E-state index >= 15 is 0 Å². The van der Waals surface area contributed by atoms with Crippen LogP contribution >= 0.6 is 0 Å². The zero-order valence-electron chi connectivity index (χ0n) is 24.1. The molecule has 0 spiro atoms. The molecule has 2 aromatic carbocycles. The summed E-state index contributed by atoms with van der Waals surface area (Å²) >= 11 is 0. The SMILES string of the molecule is C=C(/C=C(/C(=O)NC1CCc2c1ccc(C(=C)O)c2C)n1ncc(F)c1C)C(=O)NCc1ccc2c(c1)NC(=O)C(C)O2. The van der Waals surface area contributed by atoms with Gasteiger partial charge in [-0.15, -0.1) is 0 Å². The molecule has 3 amide bonds. The third kappa shape index (κ3) is 5.78. The van der Waals surface area contributed by atoms with Gasteiger partial charge in [0.25, 0.3) is 17.7 Å². The molecule has 0 radical (unpaired) electrons. The van der Waals surface area contributed by atoms with Crippen LogP contribution in [-0.2, 0) is 27.3 Å². The molecule has 0 saturated heterocycles. The predicted octanol–water partition coefficient (Wildman–Crippen LogP) is 4.40. The Hall–Kier alpha value is -5.19. The maximum absolute atomic E-state index is 14.3. The van der Waals surface area contributed by atoms with E-state index in [1.165, 1.54) is 13.0 Å². The largest absolute Gasteiger partial charge is 0.508 e. The number of aromatic nitrogens is 2. The van der Waals surface area contributed by atoms with Crippen molar-refractivity contribution in [3.05, 3.63) is 101 Å². The van der Waals surface area contributed by atoms with Gasteiger partial charge in [-0.05, 0) is 74.1 Å². The highest BCUT2D eigenvalue weighted by Crippen LogP contribution is 2.36. The van der Waals surface area contributed by atoms with Crippen molar-refractivity contribution in [1.82, 2.24) is 20.4 Å². The average molecular weight is 586 g/mol. The molecule has 2 unspecified atom stereocenters. The van der Waals surface area contributed by atoms with E-state index in [4.69, 9.17) is 4.74 Å². The summed E-state index contributed by atoms with van der Waals surface area (Å²) in [6.45, 7) is 12.6. The first-order chi connectivity index (χ1) is 20.4. The molecule has 3 aromatic rings. The topological polar surface area (TPSA) is 135 Å².